The van der Waals surface area contributed by atoms with Gasteiger partial charge >= 0.3 is 0 Å². The summed E-state index contributed by atoms with van der Waals surface area (Å²) in [4.78, 5) is 25.6. The summed E-state index contributed by atoms with van der Waals surface area (Å²) < 4.78 is 1.52. The number of hydrogen-bond donors (Lipinski definition) is 2. The van der Waals surface area contributed by atoms with Gasteiger partial charge in [0.2, 0.25) is 5.91 Å². The van der Waals surface area contributed by atoms with Crippen LogP contribution in [0.5, 0.6) is 0 Å². The number of carbonyl (C=O) groups is 2. The lowest BCUT2D eigenvalue weighted by Gasteiger charge is -2.31. The van der Waals surface area contributed by atoms with Crippen molar-refractivity contribution >= 4 is 17.5 Å². The summed E-state index contributed by atoms with van der Waals surface area (Å²) in [6.45, 7) is 1.07. The number of piperidine rings is 1. The molecule has 1 fully saturated rings. The minimum Gasteiger partial charge on any atom is -0.396 e. The number of hydrogen-bond acceptors (Lipinski definition) is 4. The van der Waals surface area contributed by atoms with Gasteiger partial charge in [-0.05, 0) is 12.8 Å². The quantitative estimate of drug-likeness (QED) is 0.761. The van der Waals surface area contributed by atoms with Crippen LogP contribution in [-0.2, 0) is 11.8 Å². The molecule has 19 heavy (non-hydrogen) atoms. The van der Waals surface area contributed by atoms with Gasteiger partial charge in [0.25, 0.3) is 5.91 Å². The van der Waals surface area contributed by atoms with Gasteiger partial charge < -0.3 is 16.0 Å². The van der Waals surface area contributed by atoms with Crippen molar-refractivity contribution in [3.05, 3.63) is 11.9 Å². The number of carbonyl (C=O) groups excluding carboxylic acids is 2. The van der Waals surface area contributed by atoms with Crippen LogP contribution < -0.4 is 11.1 Å². The van der Waals surface area contributed by atoms with E-state index < -0.39 is 0 Å². The molecule has 0 aliphatic carbocycles. The lowest BCUT2D eigenvalue weighted by atomic mass is 9.97. The minimum atomic E-state index is -0.202. The van der Waals surface area contributed by atoms with Crippen molar-refractivity contribution in [1.82, 2.24) is 20.0 Å². The van der Waals surface area contributed by atoms with Crippen LogP contribution in [0.3, 0.4) is 0 Å². The number of nitrogens with zero attached hydrogens (tertiary/aromatic N) is 3. The summed E-state index contributed by atoms with van der Waals surface area (Å²) in [5.41, 5.74) is 6.39. The van der Waals surface area contributed by atoms with Gasteiger partial charge in [-0.3, -0.25) is 14.3 Å². The third-order valence-electron chi connectivity index (χ3n) is 3.39. The van der Waals surface area contributed by atoms with E-state index in [0.717, 1.165) is 12.8 Å². The Morgan fingerprint density at radius 3 is 2.84 bits per heavy atom. The molecule has 1 aromatic rings. The fourth-order valence-electron chi connectivity index (χ4n) is 2.40. The third kappa shape index (κ3) is 2.69. The number of nitrogens with two attached hydrogens (primary N) is 1. The number of nitrogens with one attached hydrogen (secondary N) is 1. The average Bonchev–Trinajstić information content (AvgIpc) is 2.76. The molecular formula is C12H19N5O2. The van der Waals surface area contributed by atoms with Crippen LogP contribution in [0.1, 0.15) is 23.3 Å². The Morgan fingerprint density at radius 1 is 1.53 bits per heavy atom. The van der Waals surface area contributed by atoms with Crippen LogP contribution in [0.15, 0.2) is 6.20 Å². The van der Waals surface area contributed by atoms with Crippen molar-refractivity contribution in [3.8, 4) is 0 Å². The van der Waals surface area contributed by atoms with E-state index in [1.807, 2.05) is 0 Å². The molecule has 0 spiro atoms. The van der Waals surface area contributed by atoms with Gasteiger partial charge in [-0.25, -0.2) is 0 Å². The first kappa shape index (κ1) is 13.4. The van der Waals surface area contributed by atoms with E-state index in [9.17, 15) is 9.59 Å². The smallest absolute Gasteiger partial charge is 0.276 e. The first-order valence-corrected chi connectivity index (χ1v) is 6.33. The Kier molecular flexibility index (Phi) is 3.73. The van der Waals surface area contributed by atoms with Gasteiger partial charge in [-0.1, -0.05) is 0 Å². The molecule has 2 rings (SSSR count). The highest BCUT2D eigenvalue weighted by Crippen LogP contribution is 2.20. The summed E-state index contributed by atoms with van der Waals surface area (Å²) in [5, 5.41) is 6.70. The Labute approximate surface area is 111 Å². The number of aryl methyl sites for hydroxylation is 1. The monoisotopic (exact) mass is 265 g/mol. The number of nitrogen functional groups attached to an aromatic ring is 1. The molecule has 3 N–H and O–H groups in total. The zero-order valence-electron chi connectivity index (χ0n) is 11.2. The summed E-state index contributed by atoms with van der Waals surface area (Å²) in [5.74, 6) is -0.370. The topological polar surface area (TPSA) is 93.2 Å². The van der Waals surface area contributed by atoms with Crippen LogP contribution >= 0.6 is 0 Å². The molecule has 1 saturated heterocycles. The maximum absolute atomic E-state index is 12.3. The summed E-state index contributed by atoms with van der Waals surface area (Å²) >= 11 is 0. The molecule has 0 saturated carbocycles. The van der Waals surface area contributed by atoms with E-state index in [1.165, 1.54) is 4.68 Å². The van der Waals surface area contributed by atoms with E-state index in [-0.39, 0.29) is 23.4 Å². The highest BCUT2D eigenvalue weighted by molar-refractivity contribution is 5.97. The normalized spacial score (nSPS) is 19.3. The predicted octanol–water partition coefficient (Wildman–Crippen LogP) is -0.399. The zero-order chi connectivity index (χ0) is 14.0. The van der Waals surface area contributed by atoms with Gasteiger partial charge in [0.05, 0.1) is 11.6 Å². The van der Waals surface area contributed by atoms with Crippen LogP contribution in [0.25, 0.3) is 0 Å². The van der Waals surface area contributed by atoms with E-state index in [0.29, 0.717) is 18.8 Å². The molecule has 1 atom stereocenters. The summed E-state index contributed by atoms with van der Waals surface area (Å²) in [6, 6.07) is 0. The highest BCUT2D eigenvalue weighted by Gasteiger charge is 2.30. The molecular weight excluding hydrogens is 246 g/mol. The minimum absolute atomic E-state index is 0.0218. The van der Waals surface area contributed by atoms with E-state index in [1.54, 1.807) is 25.2 Å². The first-order valence-electron chi connectivity index (χ1n) is 6.33. The van der Waals surface area contributed by atoms with Crippen LogP contribution in [-0.4, -0.2) is 46.6 Å². The number of anilines is 1. The Bertz CT molecular complexity index is 496. The summed E-state index contributed by atoms with van der Waals surface area (Å²) in [7, 11) is 3.33. The van der Waals surface area contributed by atoms with Crippen molar-refractivity contribution in [2.24, 2.45) is 13.0 Å². The number of aromatic nitrogens is 2. The van der Waals surface area contributed by atoms with Gasteiger partial charge in [-0.2, -0.15) is 5.10 Å². The molecule has 1 aliphatic rings. The Morgan fingerprint density at radius 2 is 2.26 bits per heavy atom. The van der Waals surface area contributed by atoms with Gasteiger partial charge in [0.15, 0.2) is 5.69 Å². The lowest BCUT2D eigenvalue weighted by Crippen LogP contribution is -2.45. The maximum Gasteiger partial charge on any atom is 0.276 e. The molecule has 7 nitrogen and oxygen atoms in total. The Balaban J connectivity index is 2.11. The van der Waals surface area contributed by atoms with Crippen LogP contribution in [0.4, 0.5) is 5.69 Å². The fourth-order valence-corrected chi connectivity index (χ4v) is 2.40. The van der Waals surface area contributed by atoms with Crippen molar-refractivity contribution in [1.29, 1.82) is 0 Å². The lowest BCUT2D eigenvalue weighted by molar-refractivity contribution is -0.125. The average molecular weight is 265 g/mol. The van der Waals surface area contributed by atoms with E-state index in [2.05, 4.69) is 10.4 Å². The second kappa shape index (κ2) is 5.29. The molecule has 2 amide bonds. The molecule has 0 radical (unpaired) electrons. The third-order valence-corrected chi connectivity index (χ3v) is 3.39. The molecule has 1 aliphatic heterocycles. The SMILES string of the molecule is CNC(=O)C1CCCN(C(=O)c2nn(C)cc2N)C1. The first-order chi connectivity index (χ1) is 9.02. The van der Waals surface area contributed by atoms with E-state index >= 15 is 0 Å². The molecule has 0 aromatic carbocycles. The van der Waals surface area contributed by atoms with Crippen molar-refractivity contribution in [3.63, 3.8) is 0 Å². The fraction of sp³-hybridized carbons (Fsp3) is 0.583. The van der Waals surface area contributed by atoms with Crippen molar-refractivity contribution in [2.45, 2.75) is 12.8 Å². The molecule has 104 valence electrons. The second-order valence-electron chi connectivity index (χ2n) is 4.81. The van der Waals surface area contributed by atoms with E-state index in [4.69, 9.17) is 5.73 Å². The molecule has 7 heteroatoms. The highest BCUT2D eigenvalue weighted by atomic mass is 16.2. The maximum atomic E-state index is 12.3. The molecule has 1 aromatic heterocycles. The zero-order valence-corrected chi connectivity index (χ0v) is 11.2. The summed E-state index contributed by atoms with van der Waals surface area (Å²) in [6.07, 6.45) is 3.23. The molecule has 2 heterocycles. The molecule has 0 bridgehead atoms. The number of likely N-dealkylation sites (tertiary alicyclic amines) is 1. The molecule has 1 unspecified atom stereocenters. The standard InChI is InChI=1S/C12H19N5O2/c1-14-11(18)8-4-3-5-17(6-8)12(19)10-9(13)7-16(2)15-10/h7-8H,3-6,13H2,1-2H3,(H,14,18). The van der Waals surface area contributed by atoms with Gasteiger partial charge in [-0.15, -0.1) is 0 Å². The number of amides is 2. The number of rotatable bonds is 2. The van der Waals surface area contributed by atoms with Crippen molar-refractivity contribution in [2.75, 3.05) is 25.9 Å². The van der Waals surface area contributed by atoms with Gasteiger partial charge in [0, 0.05) is 33.4 Å². The second-order valence-corrected chi connectivity index (χ2v) is 4.81. The largest absolute Gasteiger partial charge is 0.396 e. The van der Waals surface area contributed by atoms with Crippen molar-refractivity contribution < 1.29 is 9.59 Å². The van der Waals surface area contributed by atoms with Crippen LogP contribution in [0.2, 0.25) is 0 Å². The van der Waals surface area contributed by atoms with Crippen LogP contribution in [0, 0.1) is 5.92 Å². The predicted molar refractivity (Wildman–Crippen MR) is 70.3 cm³/mol. The van der Waals surface area contributed by atoms with Gasteiger partial charge in [0.1, 0.15) is 0 Å². The Hall–Kier alpha value is -2.05.